The molecule has 0 aromatic heterocycles. The van der Waals surface area contributed by atoms with E-state index in [2.05, 4.69) is 53.9 Å². The fraction of sp³-hybridized carbons (Fsp3) is 0.522. The minimum Gasteiger partial charge on any atom is -0.496 e. The molecular weight excluding hydrogens is 690 g/mol. The molecule has 0 aliphatic carbocycles. The van der Waals surface area contributed by atoms with E-state index < -0.39 is 0 Å². The number of hydrogen-bond donors (Lipinski definition) is 0. The molecular formula is C46H72FN5O3. The van der Waals surface area contributed by atoms with Gasteiger partial charge in [0.25, 0.3) is 5.91 Å². The number of rotatable bonds is 18. The van der Waals surface area contributed by atoms with Gasteiger partial charge in [0.2, 0.25) is 0 Å². The number of para-hydroxylation sites is 1. The van der Waals surface area contributed by atoms with Gasteiger partial charge in [-0.05, 0) is 135 Å². The molecule has 0 fully saturated rings. The number of hydrogen-bond acceptors (Lipinski definition) is 7. The molecule has 9 heteroatoms. The van der Waals surface area contributed by atoms with E-state index >= 15 is 0 Å². The lowest BCUT2D eigenvalue weighted by molar-refractivity contribution is 0.0779. The summed E-state index contributed by atoms with van der Waals surface area (Å²) < 4.78 is 24.0. The Hall–Kier alpha value is -4.21. The summed E-state index contributed by atoms with van der Waals surface area (Å²) in [7, 11) is 3.42. The SMILES string of the molecule is C/C=N\N=C/C.CC(C)=Nc1ccccc1C.CCCCN(CCC)CCC(CN(C)C(=O)c1cc(C)ccc1OC)c1ccc(F)cc1.CCCOCC. The second kappa shape index (κ2) is 32.1. The summed E-state index contributed by atoms with van der Waals surface area (Å²) in [5, 5.41) is 7.07. The van der Waals surface area contributed by atoms with Crippen molar-refractivity contribution in [2.24, 2.45) is 15.2 Å². The van der Waals surface area contributed by atoms with Crippen LogP contribution < -0.4 is 4.74 Å². The number of likely N-dealkylation sites (N-methyl/N-ethyl adjacent to an activating group) is 1. The van der Waals surface area contributed by atoms with E-state index in [1.54, 1.807) is 24.4 Å². The van der Waals surface area contributed by atoms with Crippen molar-refractivity contribution in [3.63, 3.8) is 0 Å². The van der Waals surface area contributed by atoms with Gasteiger partial charge < -0.3 is 19.3 Å². The highest BCUT2D eigenvalue weighted by Gasteiger charge is 2.22. The van der Waals surface area contributed by atoms with Crippen molar-refractivity contribution in [3.05, 3.63) is 94.8 Å². The summed E-state index contributed by atoms with van der Waals surface area (Å²) in [5.41, 5.74) is 6.06. The van der Waals surface area contributed by atoms with Crippen LogP contribution in [0.4, 0.5) is 10.1 Å². The van der Waals surface area contributed by atoms with Crippen LogP contribution >= 0.6 is 0 Å². The van der Waals surface area contributed by atoms with Gasteiger partial charge in [-0.1, -0.05) is 69.2 Å². The van der Waals surface area contributed by atoms with Crippen LogP contribution in [-0.4, -0.2) is 87.4 Å². The van der Waals surface area contributed by atoms with Gasteiger partial charge in [-0.2, -0.15) is 10.2 Å². The summed E-state index contributed by atoms with van der Waals surface area (Å²) in [6, 6.07) is 20.5. The number of benzene rings is 3. The zero-order chi connectivity index (χ0) is 41.4. The van der Waals surface area contributed by atoms with Gasteiger partial charge in [0, 0.05) is 50.9 Å². The quantitative estimate of drug-likeness (QED) is 0.0734. The number of carbonyl (C=O) groups is 1. The van der Waals surface area contributed by atoms with Crippen LogP contribution in [0.3, 0.4) is 0 Å². The predicted molar refractivity (Wildman–Crippen MR) is 235 cm³/mol. The second-order valence-electron chi connectivity index (χ2n) is 13.4. The van der Waals surface area contributed by atoms with Gasteiger partial charge in [0.05, 0.1) is 18.4 Å². The van der Waals surface area contributed by atoms with E-state index in [-0.39, 0.29) is 17.6 Å². The molecule has 0 bridgehead atoms. The molecule has 0 radical (unpaired) electrons. The third-order valence-electron chi connectivity index (χ3n) is 8.24. The van der Waals surface area contributed by atoms with Crippen LogP contribution in [-0.2, 0) is 4.74 Å². The molecule has 1 atom stereocenters. The molecule has 3 aromatic carbocycles. The van der Waals surface area contributed by atoms with E-state index in [1.165, 1.54) is 30.5 Å². The maximum Gasteiger partial charge on any atom is 0.257 e. The van der Waals surface area contributed by atoms with Crippen molar-refractivity contribution in [2.45, 2.75) is 107 Å². The highest BCUT2D eigenvalue weighted by Crippen LogP contribution is 2.26. The highest BCUT2D eigenvalue weighted by atomic mass is 19.1. The maximum atomic E-state index is 13.6. The molecule has 306 valence electrons. The summed E-state index contributed by atoms with van der Waals surface area (Å²) >= 11 is 0. The zero-order valence-corrected chi connectivity index (χ0v) is 36.2. The fourth-order valence-corrected chi connectivity index (χ4v) is 5.43. The molecule has 55 heavy (non-hydrogen) atoms. The van der Waals surface area contributed by atoms with Crippen molar-refractivity contribution < 1.29 is 18.7 Å². The van der Waals surface area contributed by atoms with Crippen LogP contribution in [0.15, 0.2) is 81.9 Å². The molecule has 8 nitrogen and oxygen atoms in total. The number of nitrogens with zero attached hydrogens (tertiary/aromatic N) is 5. The van der Waals surface area contributed by atoms with Gasteiger partial charge >= 0.3 is 0 Å². The average Bonchev–Trinajstić information content (AvgIpc) is 3.18. The number of aliphatic imine (C=N–C) groups is 1. The Morgan fingerprint density at radius 3 is 2.02 bits per heavy atom. The Kier molecular flexibility index (Phi) is 29.6. The molecule has 0 spiro atoms. The minimum atomic E-state index is -0.239. The smallest absolute Gasteiger partial charge is 0.257 e. The van der Waals surface area contributed by atoms with Crippen molar-refractivity contribution in [1.82, 2.24) is 9.80 Å². The molecule has 0 saturated carbocycles. The Bertz CT molecular complexity index is 1510. The van der Waals surface area contributed by atoms with E-state index in [4.69, 9.17) is 9.47 Å². The number of amides is 1. The van der Waals surface area contributed by atoms with Crippen molar-refractivity contribution in [1.29, 1.82) is 0 Å². The van der Waals surface area contributed by atoms with E-state index in [1.807, 2.05) is 97.1 Å². The second-order valence-corrected chi connectivity index (χ2v) is 13.4. The molecule has 1 unspecified atom stereocenters. The van der Waals surface area contributed by atoms with Crippen LogP contribution in [0, 0.1) is 19.7 Å². The first-order valence-electron chi connectivity index (χ1n) is 19.9. The largest absolute Gasteiger partial charge is 0.496 e. The van der Waals surface area contributed by atoms with Crippen molar-refractivity contribution in [3.8, 4) is 5.75 Å². The standard InChI is InChI=1S/C27H39FN2O2.C10H13N.C5H12O.C4H8N2/c1-6-8-17-30(16-7-2)18-15-23(22-10-12-24(28)13-11-22)20-29(4)27(31)25-19-21(3)9-14-26(25)32-5;1-8(2)11-10-7-5-4-6-9(10)3;2*1-3-5-6-4-2/h9-14,19,23H,6-8,15-18,20H2,1-5H3;4-7H,1-3H3;3-5H2,1-2H3;3-4H,1-2H3/b;;;5-3-,6-4-. The molecule has 0 N–H and O–H groups in total. The third kappa shape index (κ3) is 23.3. The van der Waals surface area contributed by atoms with Crippen LogP contribution in [0.5, 0.6) is 5.75 Å². The number of ether oxygens (including phenoxy) is 2. The molecule has 3 aromatic rings. The summed E-state index contributed by atoms with van der Waals surface area (Å²) in [5.74, 6) is 0.409. The monoisotopic (exact) mass is 762 g/mol. The topological polar surface area (TPSA) is 79.1 Å². The van der Waals surface area contributed by atoms with Gasteiger partial charge in [0.1, 0.15) is 11.6 Å². The summed E-state index contributed by atoms with van der Waals surface area (Å²) in [4.78, 5) is 21.9. The summed E-state index contributed by atoms with van der Waals surface area (Å²) in [6.45, 7) is 25.7. The molecule has 1 amide bonds. The Balaban J connectivity index is 0.00000102. The average molecular weight is 762 g/mol. The van der Waals surface area contributed by atoms with E-state index in [0.717, 1.165) is 74.6 Å². The lowest BCUT2D eigenvalue weighted by atomic mass is 9.94. The molecule has 0 saturated heterocycles. The zero-order valence-electron chi connectivity index (χ0n) is 36.2. The highest BCUT2D eigenvalue weighted by molar-refractivity contribution is 5.97. The number of unbranched alkanes of at least 4 members (excludes halogenated alkanes) is 1. The maximum absolute atomic E-state index is 13.6. The molecule has 0 heterocycles. The number of aryl methyl sites for hydroxylation is 2. The van der Waals surface area contributed by atoms with Crippen LogP contribution in [0.2, 0.25) is 0 Å². The first-order chi connectivity index (χ1) is 26.4. The van der Waals surface area contributed by atoms with Crippen LogP contribution in [0.25, 0.3) is 0 Å². The van der Waals surface area contributed by atoms with Crippen molar-refractivity contribution >= 4 is 29.7 Å². The lowest BCUT2D eigenvalue weighted by Gasteiger charge is -2.28. The normalized spacial score (nSPS) is 11.2. The number of halogens is 1. The van der Waals surface area contributed by atoms with Crippen LogP contribution in [0.1, 0.15) is 120 Å². The third-order valence-corrected chi connectivity index (χ3v) is 8.24. The van der Waals surface area contributed by atoms with Gasteiger partial charge in [0.15, 0.2) is 0 Å². The lowest BCUT2D eigenvalue weighted by Crippen LogP contribution is -2.34. The fourth-order valence-electron chi connectivity index (χ4n) is 5.43. The van der Waals surface area contributed by atoms with Gasteiger partial charge in [-0.15, -0.1) is 0 Å². The number of methoxy groups -OCH3 is 1. The number of carbonyl (C=O) groups excluding carboxylic acids is 1. The predicted octanol–water partition coefficient (Wildman–Crippen LogP) is 11.5. The minimum absolute atomic E-state index is 0.0611. The van der Waals surface area contributed by atoms with E-state index in [0.29, 0.717) is 17.9 Å². The van der Waals surface area contributed by atoms with E-state index in [9.17, 15) is 9.18 Å². The van der Waals surface area contributed by atoms with Crippen molar-refractivity contribution in [2.75, 3.05) is 53.6 Å². The summed E-state index contributed by atoms with van der Waals surface area (Å²) in [6.07, 6.45) is 8.81. The first kappa shape index (κ1) is 50.8. The molecule has 3 rings (SSSR count). The molecule has 0 aliphatic rings. The Morgan fingerprint density at radius 1 is 0.855 bits per heavy atom. The Labute approximate surface area is 334 Å². The van der Waals surface area contributed by atoms with Gasteiger partial charge in [-0.25, -0.2) is 4.39 Å². The van der Waals surface area contributed by atoms with Gasteiger partial charge in [-0.3, -0.25) is 9.79 Å². The first-order valence-corrected chi connectivity index (χ1v) is 19.9. The Morgan fingerprint density at radius 2 is 1.51 bits per heavy atom. The molecule has 0 aliphatic heterocycles.